The summed E-state index contributed by atoms with van der Waals surface area (Å²) in [4.78, 5) is 33.7. The average molecular weight is 246 g/mol. The van der Waals surface area contributed by atoms with Gasteiger partial charge in [0.05, 0.1) is 6.42 Å². The van der Waals surface area contributed by atoms with Gasteiger partial charge in [-0.1, -0.05) is 0 Å². The van der Waals surface area contributed by atoms with Crippen molar-refractivity contribution in [2.75, 3.05) is 33.7 Å². The van der Waals surface area contributed by atoms with Crippen LogP contribution in [0.25, 0.3) is 0 Å². The Hall–Kier alpha value is -1.99. The first-order valence-corrected chi connectivity index (χ1v) is 5.12. The Bertz CT molecular complexity index is 280. The maximum absolute atomic E-state index is 11.1. The van der Waals surface area contributed by atoms with Gasteiger partial charge in [0, 0.05) is 33.7 Å². The average Bonchev–Trinajstić information content (AvgIpc) is 2.23. The number of hydrogen-bond acceptors (Lipinski definition) is 3. The van der Waals surface area contributed by atoms with E-state index in [0.717, 1.165) is 0 Å². The van der Waals surface area contributed by atoms with E-state index in [1.54, 1.807) is 14.1 Å². The molecule has 0 aliphatic heterocycles. The molecule has 0 aromatic rings. The van der Waals surface area contributed by atoms with Crippen molar-refractivity contribution in [3.8, 4) is 0 Å². The van der Waals surface area contributed by atoms with Gasteiger partial charge in [0.25, 0.3) is 0 Å². The first kappa shape index (κ1) is 15.0. The van der Waals surface area contributed by atoms with Gasteiger partial charge in [0.15, 0.2) is 0 Å². The summed E-state index contributed by atoms with van der Waals surface area (Å²) in [6.45, 7) is 0.660. The Kier molecular flexibility index (Phi) is 7.24. The van der Waals surface area contributed by atoms with Crippen LogP contribution < -0.4 is 16.0 Å². The van der Waals surface area contributed by atoms with Crippen LogP contribution in [0.5, 0.6) is 0 Å². The molecule has 0 fully saturated rings. The standard InChI is InChI=1S/C9H18N4O4/c1-13(2)9(17)12-6-5-11-8(16)10-4-3-7(14)15/h3-6H2,1-2H3,(H,12,17)(H,14,15)(H2,10,11,16). The number of amides is 4. The van der Waals surface area contributed by atoms with E-state index >= 15 is 0 Å². The van der Waals surface area contributed by atoms with Crippen molar-refractivity contribution in [2.24, 2.45) is 0 Å². The van der Waals surface area contributed by atoms with Crippen molar-refractivity contribution in [1.82, 2.24) is 20.9 Å². The van der Waals surface area contributed by atoms with Crippen molar-refractivity contribution in [2.45, 2.75) is 6.42 Å². The fourth-order valence-electron chi connectivity index (χ4n) is 0.849. The van der Waals surface area contributed by atoms with Gasteiger partial charge in [-0.05, 0) is 0 Å². The van der Waals surface area contributed by atoms with Gasteiger partial charge < -0.3 is 26.0 Å². The number of carbonyl (C=O) groups is 3. The number of carboxylic acids is 1. The molecule has 98 valence electrons. The van der Waals surface area contributed by atoms with Crippen molar-refractivity contribution in [3.05, 3.63) is 0 Å². The molecular formula is C9H18N4O4. The van der Waals surface area contributed by atoms with Crippen LogP contribution in [0.3, 0.4) is 0 Å². The topological polar surface area (TPSA) is 111 Å². The highest BCUT2D eigenvalue weighted by atomic mass is 16.4. The zero-order valence-electron chi connectivity index (χ0n) is 9.95. The molecule has 0 unspecified atom stereocenters. The van der Waals surface area contributed by atoms with Crippen LogP contribution in [0.15, 0.2) is 0 Å². The smallest absolute Gasteiger partial charge is 0.316 e. The molecule has 17 heavy (non-hydrogen) atoms. The zero-order chi connectivity index (χ0) is 13.3. The molecule has 0 saturated carbocycles. The number of urea groups is 2. The molecule has 0 spiro atoms. The van der Waals surface area contributed by atoms with Gasteiger partial charge in [-0.25, -0.2) is 9.59 Å². The van der Waals surface area contributed by atoms with Crippen LogP contribution in [0.1, 0.15) is 6.42 Å². The first-order valence-electron chi connectivity index (χ1n) is 5.12. The predicted octanol–water partition coefficient (Wildman–Crippen LogP) is -0.968. The molecule has 0 aromatic heterocycles. The number of nitrogens with one attached hydrogen (secondary N) is 3. The summed E-state index contributed by atoms with van der Waals surface area (Å²) in [5, 5.41) is 15.7. The summed E-state index contributed by atoms with van der Waals surface area (Å²) in [5.74, 6) is -0.969. The minimum absolute atomic E-state index is 0.0746. The van der Waals surface area contributed by atoms with E-state index < -0.39 is 12.0 Å². The Morgan fingerprint density at radius 3 is 2.06 bits per heavy atom. The molecule has 0 bridgehead atoms. The highest BCUT2D eigenvalue weighted by molar-refractivity contribution is 5.75. The van der Waals surface area contributed by atoms with E-state index in [0.29, 0.717) is 6.54 Å². The Labute approximate surface area is 99.3 Å². The van der Waals surface area contributed by atoms with E-state index in [-0.39, 0.29) is 25.5 Å². The number of nitrogens with zero attached hydrogens (tertiary/aromatic N) is 1. The summed E-state index contributed by atoms with van der Waals surface area (Å²) in [6, 6.07) is -0.691. The largest absolute Gasteiger partial charge is 0.481 e. The third-order valence-corrected chi connectivity index (χ3v) is 1.72. The normalized spacial score (nSPS) is 9.29. The quantitative estimate of drug-likeness (QED) is 0.452. The molecule has 0 rings (SSSR count). The SMILES string of the molecule is CN(C)C(=O)NCCNC(=O)NCCC(=O)O. The molecule has 0 radical (unpaired) electrons. The van der Waals surface area contributed by atoms with Crippen molar-refractivity contribution >= 4 is 18.0 Å². The number of rotatable bonds is 6. The summed E-state index contributed by atoms with van der Waals surface area (Å²) >= 11 is 0. The molecule has 0 aliphatic carbocycles. The Morgan fingerprint density at radius 1 is 1.00 bits per heavy atom. The highest BCUT2D eigenvalue weighted by Gasteiger charge is 2.03. The third kappa shape index (κ3) is 8.97. The third-order valence-electron chi connectivity index (χ3n) is 1.72. The van der Waals surface area contributed by atoms with Crippen molar-refractivity contribution in [3.63, 3.8) is 0 Å². The first-order chi connectivity index (χ1) is 7.93. The number of carbonyl (C=O) groups excluding carboxylic acids is 2. The van der Waals surface area contributed by atoms with Gasteiger partial charge >= 0.3 is 18.0 Å². The van der Waals surface area contributed by atoms with E-state index in [1.807, 2.05) is 0 Å². The molecule has 8 heteroatoms. The molecule has 0 saturated heterocycles. The lowest BCUT2D eigenvalue weighted by Crippen LogP contribution is -2.42. The van der Waals surface area contributed by atoms with Gasteiger partial charge in [0.2, 0.25) is 0 Å². The van der Waals surface area contributed by atoms with Crippen molar-refractivity contribution < 1.29 is 19.5 Å². The van der Waals surface area contributed by atoms with Crippen LogP contribution in [-0.2, 0) is 4.79 Å². The van der Waals surface area contributed by atoms with E-state index in [9.17, 15) is 14.4 Å². The lowest BCUT2D eigenvalue weighted by atomic mass is 10.4. The fraction of sp³-hybridized carbons (Fsp3) is 0.667. The van der Waals surface area contributed by atoms with Crippen LogP contribution in [0.2, 0.25) is 0 Å². The van der Waals surface area contributed by atoms with E-state index in [4.69, 9.17) is 5.11 Å². The summed E-state index contributed by atoms with van der Waals surface area (Å²) in [5.41, 5.74) is 0. The lowest BCUT2D eigenvalue weighted by Gasteiger charge is -2.12. The number of hydrogen-bond donors (Lipinski definition) is 4. The monoisotopic (exact) mass is 246 g/mol. The van der Waals surface area contributed by atoms with Crippen LogP contribution in [-0.4, -0.2) is 61.8 Å². The molecule has 0 aromatic carbocycles. The molecule has 0 heterocycles. The molecule has 4 amide bonds. The molecule has 0 atom stereocenters. The number of carboxylic acid groups (broad SMARTS) is 1. The van der Waals surface area contributed by atoms with Crippen LogP contribution >= 0.6 is 0 Å². The lowest BCUT2D eigenvalue weighted by molar-refractivity contribution is -0.136. The second kappa shape index (κ2) is 8.20. The van der Waals surface area contributed by atoms with Crippen molar-refractivity contribution in [1.29, 1.82) is 0 Å². The van der Waals surface area contributed by atoms with Gasteiger partial charge in [-0.15, -0.1) is 0 Å². The molecule has 4 N–H and O–H groups in total. The minimum atomic E-state index is -0.969. The molecular weight excluding hydrogens is 228 g/mol. The van der Waals surface area contributed by atoms with Gasteiger partial charge in [-0.3, -0.25) is 4.79 Å². The summed E-state index contributed by atoms with van der Waals surface area (Å²) < 4.78 is 0. The van der Waals surface area contributed by atoms with Gasteiger partial charge in [0.1, 0.15) is 0 Å². The van der Waals surface area contributed by atoms with Crippen LogP contribution in [0.4, 0.5) is 9.59 Å². The summed E-state index contributed by atoms with van der Waals surface area (Å²) in [7, 11) is 3.22. The van der Waals surface area contributed by atoms with Crippen LogP contribution in [0, 0.1) is 0 Å². The second-order valence-electron chi connectivity index (χ2n) is 3.45. The predicted molar refractivity (Wildman–Crippen MR) is 60.7 cm³/mol. The fourth-order valence-corrected chi connectivity index (χ4v) is 0.849. The van der Waals surface area contributed by atoms with Gasteiger partial charge in [-0.2, -0.15) is 0 Å². The Morgan fingerprint density at radius 2 is 1.53 bits per heavy atom. The van der Waals surface area contributed by atoms with E-state index in [2.05, 4.69) is 16.0 Å². The maximum Gasteiger partial charge on any atom is 0.316 e. The minimum Gasteiger partial charge on any atom is -0.481 e. The van der Waals surface area contributed by atoms with E-state index in [1.165, 1.54) is 4.90 Å². The highest BCUT2D eigenvalue weighted by Crippen LogP contribution is 1.76. The zero-order valence-corrected chi connectivity index (χ0v) is 9.95. The summed E-state index contributed by atoms with van der Waals surface area (Å²) in [6.07, 6.45) is -0.120. The molecule has 0 aliphatic rings. The maximum atomic E-state index is 11.1. The second-order valence-corrected chi connectivity index (χ2v) is 3.45. The number of aliphatic carboxylic acids is 1. The Balaban J connectivity index is 3.45. The molecule has 8 nitrogen and oxygen atoms in total.